The predicted molar refractivity (Wildman–Crippen MR) is 114 cm³/mol. The van der Waals surface area contributed by atoms with Crippen LogP contribution in [0.15, 0.2) is 24.4 Å². The summed E-state index contributed by atoms with van der Waals surface area (Å²) in [7, 11) is 0. The van der Waals surface area contributed by atoms with Gasteiger partial charge < -0.3 is 14.7 Å². The van der Waals surface area contributed by atoms with Crippen LogP contribution in [0.3, 0.4) is 0 Å². The summed E-state index contributed by atoms with van der Waals surface area (Å²) in [6.45, 7) is 4.88. The number of rotatable bonds is 3. The van der Waals surface area contributed by atoms with Crippen molar-refractivity contribution in [3.05, 3.63) is 24.4 Å². The maximum atomic E-state index is 13.3. The molecular weight excluding hydrogens is 364 g/mol. The molecule has 29 heavy (non-hydrogen) atoms. The van der Waals surface area contributed by atoms with Crippen molar-refractivity contribution in [1.82, 2.24) is 14.8 Å². The maximum absolute atomic E-state index is 13.3. The lowest BCUT2D eigenvalue weighted by Crippen LogP contribution is -2.51. The van der Waals surface area contributed by atoms with Gasteiger partial charge in [0.15, 0.2) is 0 Å². The Bertz CT molecular complexity index is 687. The Balaban J connectivity index is 1.36. The highest BCUT2D eigenvalue weighted by Crippen LogP contribution is 2.26. The fraction of sp³-hybridized carbons (Fsp3) is 0.696. The van der Waals surface area contributed by atoms with E-state index >= 15 is 0 Å². The van der Waals surface area contributed by atoms with Crippen LogP contribution in [0, 0.1) is 11.8 Å². The summed E-state index contributed by atoms with van der Waals surface area (Å²) < 4.78 is 0. The van der Waals surface area contributed by atoms with E-state index in [9.17, 15) is 9.59 Å². The van der Waals surface area contributed by atoms with Crippen LogP contribution in [0.4, 0.5) is 5.82 Å². The Labute approximate surface area is 174 Å². The highest BCUT2D eigenvalue weighted by atomic mass is 16.2. The predicted octanol–water partition coefficient (Wildman–Crippen LogP) is 2.94. The minimum absolute atomic E-state index is 0.0118. The van der Waals surface area contributed by atoms with Crippen molar-refractivity contribution in [3.63, 3.8) is 0 Å². The number of hydrogen-bond donors (Lipinski definition) is 0. The molecule has 2 atom stereocenters. The Morgan fingerprint density at radius 3 is 2.14 bits per heavy atom. The summed E-state index contributed by atoms with van der Waals surface area (Å²) in [6.07, 6.45) is 10.3. The van der Waals surface area contributed by atoms with Gasteiger partial charge in [-0.25, -0.2) is 4.98 Å². The number of pyridine rings is 1. The molecule has 158 valence electrons. The second-order valence-corrected chi connectivity index (χ2v) is 8.84. The number of carbonyl (C=O) groups is 2. The van der Waals surface area contributed by atoms with Crippen molar-refractivity contribution in [3.8, 4) is 0 Å². The molecule has 1 aromatic heterocycles. The fourth-order valence-electron chi connectivity index (χ4n) is 5.11. The van der Waals surface area contributed by atoms with E-state index in [2.05, 4.69) is 14.8 Å². The molecule has 0 N–H and O–H groups in total. The van der Waals surface area contributed by atoms with Crippen molar-refractivity contribution in [1.29, 1.82) is 0 Å². The molecule has 6 heteroatoms. The van der Waals surface area contributed by atoms with E-state index in [-0.39, 0.29) is 23.7 Å². The van der Waals surface area contributed by atoms with E-state index in [4.69, 9.17) is 0 Å². The molecule has 1 aromatic rings. The van der Waals surface area contributed by atoms with Gasteiger partial charge in [0.25, 0.3) is 0 Å². The molecule has 3 saturated heterocycles. The largest absolute Gasteiger partial charge is 0.356 e. The SMILES string of the molecule is O=C([C@H]1CCCN(C(=O)[C@H]2CCCN(c3ccccn3)C2)C1)N1CCCCCC1. The van der Waals surface area contributed by atoms with Gasteiger partial charge in [-0.15, -0.1) is 0 Å². The zero-order valence-corrected chi connectivity index (χ0v) is 17.5. The number of carbonyl (C=O) groups excluding carboxylic acids is 2. The molecule has 3 aliphatic rings. The van der Waals surface area contributed by atoms with E-state index in [1.807, 2.05) is 29.3 Å². The summed E-state index contributed by atoms with van der Waals surface area (Å²) in [4.78, 5) is 37.1. The first-order valence-corrected chi connectivity index (χ1v) is 11.5. The normalized spacial score (nSPS) is 26.1. The van der Waals surface area contributed by atoms with E-state index < -0.39 is 0 Å². The summed E-state index contributed by atoms with van der Waals surface area (Å²) >= 11 is 0. The number of nitrogens with zero attached hydrogens (tertiary/aromatic N) is 4. The second-order valence-electron chi connectivity index (χ2n) is 8.84. The number of amides is 2. The zero-order chi connectivity index (χ0) is 20.1. The Kier molecular flexibility index (Phi) is 6.67. The molecule has 4 heterocycles. The van der Waals surface area contributed by atoms with Gasteiger partial charge in [0.05, 0.1) is 11.8 Å². The third-order valence-corrected chi connectivity index (χ3v) is 6.74. The first kappa shape index (κ1) is 20.2. The average Bonchev–Trinajstić information content (AvgIpc) is 3.08. The van der Waals surface area contributed by atoms with Crippen molar-refractivity contribution in [2.45, 2.75) is 51.4 Å². The van der Waals surface area contributed by atoms with Gasteiger partial charge in [0.1, 0.15) is 5.82 Å². The first-order chi connectivity index (χ1) is 14.2. The number of piperidine rings is 2. The lowest BCUT2D eigenvalue weighted by Gasteiger charge is -2.39. The standard InChI is InChI=1S/C23H34N4O2/c28-22(25-13-5-1-2-6-14-25)20-10-8-16-27(18-20)23(29)19-9-7-15-26(17-19)21-11-3-4-12-24-21/h3-4,11-12,19-20H,1-2,5-10,13-18H2/t19-,20-/m0/s1. The van der Waals surface area contributed by atoms with E-state index in [0.717, 1.165) is 77.1 Å². The van der Waals surface area contributed by atoms with E-state index in [1.54, 1.807) is 0 Å². The van der Waals surface area contributed by atoms with Crippen LogP contribution < -0.4 is 4.90 Å². The molecule has 0 saturated carbocycles. The summed E-state index contributed by atoms with van der Waals surface area (Å²) in [5.41, 5.74) is 0. The molecule has 6 nitrogen and oxygen atoms in total. The molecule has 0 radical (unpaired) electrons. The lowest BCUT2D eigenvalue weighted by atomic mass is 9.92. The molecule has 3 aliphatic heterocycles. The highest BCUT2D eigenvalue weighted by Gasteiger charge is 2.35. The van der Waals surface area contributed by atoms with Crippen molar-refractivity contribution >= 4 is 17.6 Å². The molecule has 0 unspecified atom stereocenters. The zero-order valence-electron chi connectivity index (χ0n) is 17.5. The van der Waals surface area contributed by atoms with Crippen molar-refractivity contribution in [2.75, 3.05) is 44.2 Å². The van der Waals surface area contributed by atoms with Gasteiger partial charge in [-0.05, 0) is 50.7 Å². The summed E-state index contributed by atoms with van der Waals surface area (Å²) in [5, 5.41) is 0. The van der Waals surface area contributed by atoms with E-state index in [0.29, 0.717) is 6.54 Å². The number of hydrogen-bond acceptors (Lipinski definition) is 4. The molecule has 3 fully saturated rings. The highest BCUT2D eigenvalue weighted by molar-refractivity contribution is 5.83. The lowest BCUT2D eigenvalue weighted by molar-refractivity contribution is -0.143. The Hall–Kier alpha value is -2.11. The minimum atomic E-state index is -0.0127. The van der Waals surface area contributed by atoms with Crippen LogP contribution in [0.2, 0.25) is 0 Å². The second kappa shape index (κ2) is 9.59. The molecular formula is C23H34N4O2. The van der Waals surface area contributed by atoms with Crippen LogP contribution in [0.5, 0.6) is 0 Å². The molecule has 0 spiro atoms. The molecule has 0 aliphatic carbocycles. The topological polar surface area (TPSA) is 56.8 Å². The molecule has 0 bridgehead atoms. The molecule has 2 amide bonds. The number of anilines is 1. The average molecular weight is 399 g/mol. The summed E-state index contributed by atoms with van der Waals surface area (Å²) in [5.74, 6) is 1.47. The monoisotopic (exact) mass is 398 g/mol. The van der Waals surface area contributed by atoms with Gasteiger partial charge in [-0.3, -0.25) is 9.59 Å². The van der Waals surface area contributed by atoms with Gasteiger partial charge in [0.2, 0.25) is 11.8 Å². The number of likely N-dealkylation sites (tertiary alicyclic amines) is 2. The third-order valence-electron chi connectivity index (χ3n) is 6.74. The smallest absolute Gasteiger partial charge is 0.227 e. The Morgan fingerprint density at radius 1 is 0.759 bits per heavy atom. The number of aromatic nitrogens is 1. The van der Waals surface area contributed by atoms with Gasteiger partial charge in [-0.1, -0.05) is 18.9 Å². The molecule has 4 rings (SSSR count). The van der Waals surface area contributed by atoms with Crippen molar-refractivity contribution in [2.24, 2.45) is 11.8 Å². The third kappa shape index (κ3) is 4.90. The quantitative estimate of drug-likeness (QED) is 0.786. The van der Waals surface area contributed by atoms with Crippen LogP contribution in [-0.2, 0) is 9.59 Å². The van der Waals surface area contributed by atoms with Crippen LogP contribution in [0.25, 0.3) is 0 Å². The van der Waals surface area contributed by atoms with Gasteiger partial charge in [-0.2, -0.15) is 0 Å². The molecule has 0 aromatic carbocycles. The fourth-order valence-corrected chi connectivity index (χ4v) is 5.11. The Morgan fingerprint density at radius 2 is 1.41 bits per heavy atom. The maximum Gasteiger partial charge on any atom is 0.227 e. The first-order valence-electron chi connectivity index (χ1n) is 11.5. The van der Waals surface area contributed by atoms with Crippen LogP contribution in [-0.4, -0.2) is 65.9 Å². The minimum Gasteiger partial charge on any atom is -0.356 e. The van der Waals surface area contributed by atoms with Gasteiger partial charge >= 0.3 is 0 Å². The van der Waals surface area contributed by atoms with E-state index in [1.165, 1.54) is 12.8 Å². The van der Waals surface area contributed by atoms with Crippen LogP contribution in [0.1, 0.15) is 51.4 Å². The van der Waals surface area contributed by atoms with Crippen molar-refractivity contribution < 1.29 is 9.59 Å². The van der Waals surface area contributed by atoms with Crippen LogP contribution >= 0.6 is 0 Å². The van der Waals surface area contributed by atoms with Gasteiger partial charge in [0, 0.05) is 45.5 Å². The summed E-state index contributed by atoms with van der Waals surface area (Å²) in [6, 6.07) is 5.94.